The normalized spacial score (nSPS) is 31.6. The van der Waals surface area contributed by atoms with E-state index < -0.39 is 0 Å². The zero-order valence-electron chi connectivity index (χ0n) is 12.1. The van der Waals surface area contributed by atoms with Gasteiger partial charge in [-0.05, 0) is 44.1 Å². The fourth-order valence-electron chi connectivity index (χ4n) is 3.41. The Morgan fingerprint density at radius 1 is 1.06 bits per heavy atom. The van der Waals surface area contributed by atoms with Gasteiger partial charge in [0.1, 0.15) is 0 Å². The van der Waals surface area contributed by atoms with Crippen molar-refractivity contribution in [1.29, 1.82) is 0 Å². The summed E-state index contributed by atoms with van der Waals surface area (Å²) in [6.45, 7) is 9.67. The fourth-order valence-corrected chi connectivity index (χ4v) is 3.41. The van der Waals surface area contributed by atoms with Gasteiger partial charge in [-0.25, -0.2) is 0 Å². The van der Waals surface area contributed by atoms with Crippen LogP contribution >= 0.6 is 0 Å². The Hall–Kier alpha value is -0.0800. The van der Waals surface area contributed by atoms with Crippen LogP contribution in [0.3, 0.4) is 0 Å². The molecule has 0 radical (unpaired) electrons. The Labute approximate surface area is 107 Å². The molecular weight excluding hydrogens is 208 g/mol. The lowest BCUT2D eigenvalue weighted by Gasteiger charge is -2.45. The third-order valence-electron chi connectivity index (χ3n) is 5.62. The molecule has 17 heavy (non-hydrogen) atoms. The van der Waals surface area contributed by atoms with Crippen molar-refractivity contribution < 1.29 is 0 Å². The van der Waals surface area contributed by atoms with Crippen molar-refractivity contribution in [3.63, 3.8) is 0 Å². The molecule has 1 aliphatic carbocycles. The van der Waals surface area contributed by atoms with Crippen molar-refractivity contribution in [3.05, 3.63) is 0 Å². The minimum atomic E-state index is 0.557. The van der Waals surface area contributed by atoms with E-state index >= 15 is 0 Å². The van der Waals surface area contributed by atoms with Crippen molar-refractivity contribution in [2.75, 3.05) is 20.1 Å². The summed E-state index contributed by atoms with van der Waals surface area (Å²) in [6, 6.07) is 1.67. The zero-order valence-corrected chi connectivity index (χ0v) is 12.1. The van der Waals surface area contributed by atoms with Crippen LogP contribution in [0.25, 0.3) is 0 Å². The van der Waals surface area contributed by atoms with Crippen LogP contribution in [0.4, 0.5) is 0 Å². The van der Waals surface area contributed by atoms with Crippen molar-refractivity contribution in [2.24, 2.45) is 11.3 Å². The maximum absolute atomic E-state index is 3.38. The van der Waals surface area contributed by atoms with Gasteiger partial charge in [0.25, 0.3) is 0 Å². The molecule has 2 rings (SSSR count). The Morgan fingerprint density at radius 2 is 1.65 bits per heavy atom. The minimum Gasteiger partial charge on any atom is -0.314 e. The summed E-state index contributed by atoms with van der Waals surface area (Å²) in [5.74, 6) is 0.955. The summed E-state index contributed by atoms with van der Waals surface area (Å²) in [7, 11) is 2.33. The van der Waals surface area contributed by atoms with Crippen LogP contribution in [0, 0.1) is 11.3 Å². The van der Waals surface area contributed by atoms with Gasteiger partial charge in [0.15, 0.2) is 0 Å². The second-order valence-electron chi connectivity index (χ2n) is 6.83. The Bertz CT molecular complexity index is 237. The number of nitrogens with zero attached hydrogens (tertiary/aromatic N) is 1. The maximum Gasteiger partial charge on any atom is 0.0345 e. The minimum absolute atomic E-state index is 0.557. The first-order chi connectivity index (χ1) is 8.04. The molecule has 1 saturated carbocycles. The number of likely N-dealkylation sites (N-methyl/N-ethyl adjacent to an activating group) is 1. The van der Waals surface area contributed by atoms with Gasteiger partial charge in [-0.2, -0.15) is 0 Å². The molecule has 1 heterocycles. The van der Waals surface area contributed by atoms with E-state index in [0.717, 1.165) is 18.0 Å². The smallest absolute Gasteiger partial charge is 0.0345 e. The topological polar surface area (TPSA) is 15.3 Å². The average Bonchev–Trinajstić information content (AvgIpc) is 2.27. The first kappa shape index (κ1) is 13.4. The number of hydrogen-bond acceptors (Lipinski definition) is 2. The lowest BCUT2D eigenvalue weighted by molar-refractivity contribution is 0.0610. The second-order valence-corrected chi connectivity index (χ2v) is 6.83. The molecule has 2 nitrogen and oxygen atoms in total. The van der Waals surface area contributed by atoms with Gasteiger partial charge in [0, 0.05) is 25.2 Å². The highest BCUT2D eigenvalue weighted by Crippen LogP contribution is 2.41. The van der Waals surface area contributed by atoms with Gasteiger partial charge >= 0.3 is 0 Å². The first-order valence-corrected chi connectivity index (χ1v) is 7.47. The highest BCUT2D eigenvalue weighted by molar-refractivity contribution is 4.90. The Kier molecular flexibility index (Phi) is 4.14. The fraction of sp³-hybridized carbons (Fsp3) is 1.00. The summed E-state index contributed by atoms with van der Waals surface area (Å²) in [4.78, 5) is 2.64. The Balaban J connectivity index is 1.81. The van der Waals surface area contributed by atoms with E-state index in [2.05, 4.69) is 38.0 Å². The molecule has 2 aliphatic rings. The van der Waals surface area contributed by atoms with Gasteiger partial charge < -0.3 is 5.32 Å². The van der Waals surface area contributed by atoms with Gasteiger partial charge in [-0.15, -0.1) is 0 Å². The summed E-state index contributed by atoms with van der Waals surface area (Å²) in [5.41, 5.74) is 0.557. The monoisotopic (exact) mass is 238 g/mol. The second kappa shape index (κ2) is 5.27. The molecule has 1 aliphatic heterocycles. The molecule has 0 spiro atoms. The van der Waals surface area contributed by atoms with Crippen LogP contribution in [-0.2, 0) is 0 Å². The zero-order chi connectivity index (χ0) is 12.5. The molecule has 2 fully saturated rings. The molecule has 0 aromatic carbocycles. The van der Waals surface area contributed by atoms with Crippen molar-refractivity contribution >= 4 is 0 Å². The van der Waals surface area contributed by atoms with Gasteiger partial charge in [-0.3, -0.25) is 4.90 Å². The molecule has 0 unspecified atom stereocenters. The van der Waals surface area contributed by atoms with Crippen molar-refractivity contribution in [3.8, 4) is 0 Å². The SMILES string of the molecule is CCC(C)(C)C1CCC(N(C)C2CNC2)CC1. The summed E-state index contributed by atoms with van der Waals surface area (Å²) >= 11 is 0. The first-order valence-electron chi connectivity index (χ1n) is 7.47. The average molecular weight is 238 g/mol. The van der Waals surface area contributed by atoms with E-state index in [1.807, 2.05) is 0 Å². The molecule has 1 saturated heterocycles. The summed E-state index contributed by atoms with van der Waals surface area (Å²) < 4.78 is 0. The maximum atomic E-state index is 3.38. The van der Waals surface area contributed by atoms with E-state index in [1.54, 1.807) is 0 Å². The number of hydrogen-bond donors (Lipinski definition) is 1. The molecule has 2 heteroatoms. The predicted octanol–water partition coefficient (Wildman–Crippen LogP) is 2.89. The molecule has 0 aromatic rings. The van der Waals surface area contributed by atoms with E-state index in [9.17, 15) is 0 Å². The van der Waals surface area contributed by atoms with Crippen molar-refractivity contribution in [1.82, 2.24) is 10.2 Å². The van der Waals surface area contributed by atoms with E-state index in [1.165, 1.54) is 45.2 Å². The quantitative estimate of drug-likeness (QED) is 0.810. The van der Waals surface area contributed by atoms with Crippen LogP contribution in [-0.4, -0.2) is 37.1 Å². The van der Waals surface area contributed by atoms with Gasteiger partial charge in [-0.1, -0.05) is 27.2 Å². The molecule has 0 atom stereocenters. The molecule has 0 amide bonds. The van der Waals surface area contributed by atoms with Crippen LogP contribution in [0.1, 0.15) is 52.9 Å². The van der Waals surface area contributed by atoms with E-state index in [0.29, 0.717) is 5.41 Å². The molecular formula is C15H30N2. The predicted molar refractivity (Wildman–Crippen MR) is 74.2 cm³/mol. The van der Waals surface area contributed by atoms with Crippen LogP contribution < -0.4 is 5.32 Å². The molecule has 100 valence electrons. The number of rotatable bonds is 4. The lowest BCUT2D eigenvalue weighted by Crippen LogP contribution is -2.59. The van der Waals surface area contributed by atoms with Crippen LogP contribution in [0.15, 0.2) is 0 Å². The molecule has 0 bridgehead atoms. The summed E-state index contributed by atoms with van der Waals surface area (Å²) in [6.07, 6.45) is 7.04. The van der Waals surface area contributed by atoms with Gasteiger partial charge in [0.05, 0.1) is 0 Å². The lowest BCUT2D eigenvalue weighted by atomic mass is 9.68. The Morgan fingerprint density at radius 3 is 2.06 bits per heavy atom. The van der Waals surface area contributed by atoms with Crippen molar-refractivity contribution in [2.45, 2.75) is 65.0 Å². The number of nitrogens with one attached hydrogen (secondary N) is 1. The molecule has 1 N–H and O–H groups in total. The van der Waals surface area contributed by atoms with E-state index in [-0.39, 0.29) is 0 Å². The van der Waals surface area contributed by atoms with E-state index in [4.69, 9.17) is 0 Å². The van der Waals surface area contributed by atoms with Gasteiger partial charge in [0.2, 0.25) is 0 Å². The molecule has 0 aromatic heterocycles. The largest absolute Gasteiger partial charge is 0.314 e. The third-order valence-corrected chi connectivity index (χ3v) is 5.62. The van der Waals surface area contributed by atoms with Crippen LogP contribution in [0.5, 0.6) is 0 Å². The highest BCUT2D eigenvalue weighted by atomic mass is 15.2. The van der Waals surface area contributed by atoms with Crippen LogP contribution in [0.2, 0.25) is 0 Å². The third kappa shape index (κ3) is 2.85. The highest BCUT2D eigenvalue weighted by Gasteiger charge is 2.35. The summed E-state index contributed by atoms with van der Waals surface area (Å²) in [5, 5.41) is 3.38. The standard InChI is InChI=1S/C15H30N2/c1-5-15(2,3)12-6-8-13(9-7-12)17(4)14-10-16-11-14/h12-14,16H,5-11H2,1-4H3.